The zero-order valence-electron chi connectivity index (χ0n) is 12.1. The molecule has 0 aliphatic carbocycles. The summed E-state index contributed by atoms with van der Waals surface area (Å²) in [7, 11) is 0. The number of Topliss-reactive ketones (excluding diaryl/α,β-unsaturated/α-hetero) is 1. The lowest BCUT2D eigenvalue weighted by molar-refractivity contribution is -0.115. The molecule has 110 valence electrons. The Hall–Kier alpha value is -1.85. The van der Waals surface area contributed by atoms with Crippen LogP contribution < -0.4 is 11.3 Å². The lowest BCUT2D eigenvalue weighted by Gasteiger charge is -2.10. The fourth-order valence-electron chi connectivity index (χ4n) is 2.32. The molecule has 0 unspecified atom stereocenters. The summed E-state index contributed by atoms with van der Waals surface area (Å²) in [6.07, 6.45) is 0.359. The van der Waals surface area contributed by atoms with Crippen LogP contribution >= 0.6 is 12.2 Å². The Bertz CT molecular complexity index is 764. The Labute approximate surface area is 128 Å². The van der Waals surface area contributed by atoms with Crippen molar-refractivity contribution in [2.24, 2.45) is 11.7 Å². The van der Waals surface area contributed by atoms with Gasteiger partial charge in [0.15, 0.2) is 5.78 Å². The Kier molecular flexibility index (Phi) is 4.65. The average Bonchev–Trinajstić information content (AvgIpc) is 2.46. The number of rotatable bonds is 5. The van der Waals surface area contributed by atoms with Gasteiger partial charge in [-0.05, 0) is 36.9 Å². The summed E-state index contributed by atoms with van der Waals surface area (Å²) in [5.41, 5.74) is 7.74. The first-order chi connectivity index (χ1) is 9.92. The predicted molar refractivity (Wildman–Crippen MR) is 88.8 cm³/mol. The molecule has 0 bridgehead atoms. The van der Waals surface area contributed by atoms with Crippen molar-refractivity contribution < 1.29 is 4.79 Å². The van der Waals surface area contributed by atoms with Crippen molar-refractivity contribution in [3.63, 3.8) is 0 Å². The van der Waals surface area contributed by atoms with Crippen molar-refractivity contribution in [3.8, 4) is 0 Å². The molecule has 0 saturated heterocycles. The number of hydrogen-bond donors (Lipinski definition) is 2. The molecule has 1 aromatic carbocycles. The standard InChI is InChI=1S/C16H18N2O2S/c1-9-3-4-13-11(5-9)7-12(16(20)18-13)6-10(2)15(19)14(21)8-17/h3-5,7,10H,6,8,17H2,1-2H3,(H,18,20)/t10-/m0/s1. The monoisotopic (exact) mass is 302 g/mol. The molecule has 0 radical (unpaired) electrons. The summed E-state index contributed by atoms with van der Waals surface area (Å²) in [5, 5.41) is 0.964. The molecule has 1 atom stereocenters. The minimum atomic E-state index is -0.343. The van der Waals surface area contributed by atoms with E-state index in [0.29, 0.717) is 12.0 Å². The van der Waals surface area contributed by atoms with Crippen molar-refractivity contribution >= 4 is 33.8 Å². The van der Waals surface area contributed by atoms with Gasteiger partial charge in [-0.3, -0.25) is 9.59 Å². The van der Waals surface area contributed by atoms with Gasteiger partial charge in [-0.15, -0.1) is 0 Å². The van der Waals surface area contributed by atoms with Crippen LogP contribution in [-0.2, 0) is 11.2 Å². The third kappa shape index (κ3) is 3.43. The zero-order valence-corrected chi connectivity index (χ0v) is 12.9. The van der Waals surface area contributed by atoms with Gasteiger partial charge in [0.25, 0.3) is 5.56 Å². The molecule has 0 amide bonds. The summed E-state index contributed by atoms with van der Waals surface area (Å²) in [6.45, 7) is 3.84. The summed E-state index contributed by atoms with van der Waals surface area (Å²) in [5.74, 6) is -0.499. The first-order valence-electron chi connectivity index (χ1n) is 6.82. The highest BCUT2D eigenvalue weighted by atomic mass is 32.1. The largest absolute Gasteiger partial charge is 0.326 e. The third-order valence-electron chi connectivity index (χ3n) is 3.51. The second-order valence-corrected chi connectivity index (χ2v) is 5.80. The molecular weight excluding hydrogens is 284 g/mol. The molecule has 1 heterocycles. The maximum absolute atomic E-state index is 12.1. The molecule has 2 aromatic rings. The average molecular weight is 302 g/mol. The smallest absolute Gasteiger partial charge is 0.251 e. The number of aryl methyl sites for hydroxylation is 1. The molecule has 2 rings (SSSR count). The van der Waals surface area contributed by atoms with Gasteiger partial charge in [-0.2, -0.15) is 0 Å². The van der Waals surface area contributed by atoms with Gasteiger partial charge in [0, 0.05) is 23.5 Å². The van der Waals surface area contributed by atoms with Gasteiger partial charge in [0.2, 0.25) is 0 Å². The Morgan fingerprint density at radius 2 is 2.10 bits per heavy atom. The highest BCUT2D eigenvalue weighted by molar-refractivity contribution is 7.82. The van der Waals surface area contributed by atoms with Crippen molar-refractivity contribution in [2.75, 3.05) is 6.54 Å². The molecule has 5 heteroatoms. The molecule has 0 aliphatic rings. The van der Waals surface area contributed by atoms with E-state index in [-0.39, 0.29) is 28.7 Å². The van der Waals surface area contributed by atoms with Gasteiger partial charge in [-0.1, -0.05) is 30.8 Å². The Morgan fingerprint density at radius 3 is 2.76 bits per heavy atom. The van der Waals surface area contributed by atoms with Crippen molar-refractivity contribution in [1.82, 2.24) is 4.98 Å². The molecule has 1 aromatic heterocycles. The van der Waals surface area contributed by atoms with Crippen LogP contribution in [0.3, 0.4) is 0 Å². The van der Waals surface area contributed by atoms with Crippen LogP contribution in [0.5, 0.6) is 0 Å². The third-order valence-corrected chi connectivity index (χ3v) is 3.88. The van der Waals surface area contributed by atoms with Crippen molar-refractivity contribution in [2.45, 2.75) is 20.3 Å². The zero-order chi connectivity index (χ0) is 15.6. The van der Waals surface area contributed by atoms with Crippen LogP contribution in [0.1, 0.15) is 18.1 Å². The fraction of sp³-hybridized carbons (Fsp3) is 0.312. The van der Waals surface area contributed by atoms with Gasteiger partial charge in [0.05, 0.1) is 4.86 Å². The number of aromatic nitrogens is 1. The van der Waals surface area contributed by atoms with E-state index in [2.05, 4.69) is 4.98 Å². The first-order valence-corrected chi connectivity index (χ1v) is 7.23. The summed E-state index contributed by atoms with van der Waals surface area (Å²) < 4.78 is 0. The number of nitrogens with one attached hydrogen (secondary N) is 1. The summed E-state index contributed by atoms with van der Waals surface area (Å²) in [4.78, 5) is 27.1. The number of carbonyl (C=O) groups excluding carboxylic acids is 1. The van der Waals surface area contributed by atoms with E-state index < -0.39 is 0 Å². The Balaban J connectivity index is 2.34. The minimum Gasteiger partial charge on any atom is -0.326 e. The molecule has 0 fully saturated rings. The highest BCUT2D eigenvalue weighted by Gasteiger charge is 2.18. The second kappa shape index (κ2) is 6.28. The maximum atomic E-state index is 12.1. The van der Waals surface area contributed by atoms with E-state index in [4.69, 9.17) is 18.0 Å². The van der Waals surface area contributed by atoms with Gasteiger partial charge in [0.1, 0.15) is 0 Å². The number of pyridine rings is 1. The molecule has 3 N–H and O–H groups in total. The molecule has 0 aliphatic heterocycles. The van der Waals surface area contributed by atoms with Crippen LogP contribution in [0.15, 0.2) is 29.1 Å². The number of aromatic amines is 1. The fourth-order valence-corrected chi connectivity index (χ4v) is 2.52. The number of ketones is 1. The molecule has 0 saturated carbocycles. The second-order valence-electron chi connectivity index (χ2n) is 5.31. The van der Waals surface area contributed by atoms with Gasteiger partial charge >= 0.3 is 0 Å². The maximum Gasteiger partial charge on any atom is 0.251 e. The van der Waals surface area contributed by atoms with E-state index in [9.17, 15) is 9.59 Å². The number of thiocarbonyl (C=S) groups is 1. The van der Waals surface area contributed by atoms with E-state index in [1.165, 1.54) is 0 Å². The normalized spacial score (nSPS) is 12.3. The van der Waals surface area contributed by atoms with E-state index in [0.717, 1.165) is 16.5 Å². The van der Waals surface area contributed by atoms with Crippen LogP contribution in [0.4, 0.5) is 0 Å². The topological polar surface area (TPSA) is 76.0 Å². The molecule has 21 heavy (non-hydrogen) atoms. The van der Waals surface area contributed by atoms with Crippen molar-refractivity contribution in [1.29, 1.82) is 0 Å². The SMILES string of the molecule is Cc1ccc2[nH]c(=O)c(C[C@H](C)C(=O)C(=S)CN)cc2c1. The predicted octanol–water partition coefficient (Wildman–Crippen LogP) is 1.91. The lowest BCUT2D eigenvalue weighted by Crippen LogP contribution is -2.29. The number of H-pyrrole nitrogens is 1. The summed E-state index contributed by atoms with van der Waals surface area (Å²) in [6, 6.07) is 7.68. The van der Waals surface area contributed by atoms with Crippen LogP contribution in [0.2, 0.25) is 0 Å². The number of hydrogen-bond acceptors (Lipinski definition) is 4. The van der Waals surface area contributed by atoms with Gasteiger partial charge < -0.3 is 10.7 Å². The van der Waals surface area contributed by atoms with Crippen molar-refractivity contribution in [3.05, 3.63) is 45.7 Å². The highest BCUT2D eigenvalue weighted by Crippen LogP contribution is 2.15. The molecule has 4 nitrogen and oxygen atoms in total. The van der Waals surface area contributed by atoms with E-state index in [1.54, 1.807) is 6.92 Å². The first kappa shape index (κ1) is 15.5. The van der Waals surface area contributed by atoms with Gasteiger partial charge in [-0.25, -0.2) is 0 Å². The van der Waals surface area contributed by atoms with E-state index >= 15 is 0 Å². The van der Waals surface area contributed by atoms with Crippen LogP contribution in [-0.4, -0.2) is 22.2 Å². The van der Waals surface area contributed by atoms with Crippen LogP contribution in [0, 0.1) is 12.8 Å². The van der Waals surface area contributed by atoms with E-state index in [1.807, 2.05) is 31.2 Å². The number of fused-ring (bicyclic) bond motifs is 1. The number of nitrogens with two attached hydrogens (primary N) is 1. The molecular formula is C16H18N2O2S. The lowest BCUT2D eigenvalue weighted by atomic mass is 9.95. The Morgan fingerprint density at radius 1 is 1.38 bits per heavy atom. The number of carbonyl (C=O) groups is 1. The van der Waals surface area contributed by atoms with Crippen LogP contribution in [0.25, 0.3) is 10.9 Å². The molecule has 0 spiro atoms. The summed E-state index contributed by atoms with van der Waals surface area (Å²) >= 11 is 4.94. The quantitative estimate of drug-likeness (QED) is 0.827. The number of benzene rings is 1. The minimum absolute atomic E-state index is 0.0752.